The van der Waals surface area contributed by atoms with Crippen molar-refractivity contribution >= 4 is 12.1 Å². The molecular formula is C19H22N2O3. The molecule has 0 unspecified atom stereocenters. The average Bonchev–Trinajstić information content (AvgIpc) is 2.60. The first-order chi connectivity index (χ1) is 11.7. The van der Waals surface area contributed by atoms with Gasteiger partial charge in [0.25, 0.3) is 5.91 Å². The lowest BCUT2D eigenvalue weighted by atomic mass is 10.2. The molecule has 1 N–H and O–H groups in total. The van der Waals surface area contributed by atoms with E-state index >= 15 is 0 Å². The monoisotopic (exact) mass is 326 g/mol. The summed E-state index contributed by atoms with van der Waals surface area (Å²) in [7, 11) is 0. The molecule has 0 fully saturated rings. The van der Waals surface area contributed by atoms with Crippen LogP contribution in [0.1, 0.15) is 24.5 Å². The minimum atomic E-state index is -0.318. The Kier molecular flexibility index (Phi) is 6.83. The van der Waals surface area contributed by atoms with Gasteiger partial charge < -0.3 is 9.47 Å². The Morgan fingerprint density at radius 2 is 1.79 bits per heavy atom. The fourth-order valence-electron chi connectivity index (χ4n) is 2.00. The van der Waals surface area contributed by atoms with Crippen molar-refractivity contribution in [2.24, 2.45) is 5.10 Å². The summed E-state index contributed by atoms with van der Waals surface area (Å²) in [5.74, 6) is 1.12. The standard InChI is InChI=1S/C19H22N2O3/c1-3-12-23-18-11-7-5-9-16(18)13-20-21-19(22)14-24-17-10-6-4-8-15(17)2/h4-11,13H,3,12,14H2,1-2H3,(H,21,22)/b20-13+. The number of rotatable bonds is 8. The van der Waals surface area contributed by atoms with Crippen LogP contribution in [0.15, 0.2) is 53.6 Å². The second-order valence-corrected chi connectivity index (χ2v) is 5.23. The maximum absolute atomic E-state index is 11.8. The van der Waals surface area contributed by atoms with Crippen LogP contribution in [0.4, 0.5) is 0 Å². The van der Waals surface area contributed by atoms with Gasteiger partial charge in [0.1, 0.15) is 11.5 Å². The molecule has 2 rings (SSSR count). The number of aryl methyl sites for hydroxylation is 1. The van der Waals surface area contributed by atoms with Crippen molar-refractivity contribution in [2.45, 2.75) is 20.3 Å². The van der Waals surface area contributed by atoms with Crippen molar-refractivity contribution in [1.29, 1.82) is 0 Å². The predicted octanol–water partition coefficient (Wildman–Crippen LogP) is 3.31. The van der Waals surface area contributed by atoms with Gasteiger partial charge in [0.2, 0.25) is 0 Å². The highest BCUT2D eigenvalue weighted by Crippen LogP contribution is 2.16. The molecule has 0 atom stereocenters. The van der Waals surface area contributed by atoms with Gasteiger partial charge >= 0.3 is 0 Å². The van der Waals surface area contributed by atoms with Gasteiger partial charge in [0.05, 0.1) is 12.8 Å². The Bertz CT molecular complexity index is 699. The Balaban J connectivity index is 1.85. The van der Waals surface area contributed by atoms with Crippen LogP contribution >= 0.6 is 0 Å². The number of hydrogen-bond acceptors (Lipinski definition) is 4. The molecule has 0 saturated heterocycles. The van der Waals surface area contributed by atoms with Crippen molar-refractivity contribution in [3.63, 3.8) is 0 Å². The third kappa shape index (κ3) is 5.43. The Hall–Kier alpha value is -2.82. The van der Waals surface area contributed by atoms with Crippen LogP contribution in [0.5, 0.6) is 11.5 Å². The lowest BCUT2D eigenvalue weighted by molar-refractivity contribution is -0.123. The molecule has 0 aliphatic rings. The topological polar surface area (TPSA) is 59.9 Å². The van der Waals surface area contributed by atoms with Gasteiger partial charge in [0, 0.05) is 5.56 Å². The molecule has 24 heavy (non-hydrogen) atoms. The summed E-state index contributed by atoms with van der Waals surface area (Å²) < 4.78 is 11.1. The molecule has 0 saturated carbocycles. The summed E-state index contributed by atoms with van der Waals surface area (Å²) in [6.45, 7) is 4.53. The molecule has 0 aromatic heterocycles. The van der Waals surface area contributed by atoms with Crippen molar-refractivity contribution < 1.29 is 14.3 Å². The third-order valence-electron chi connectivity index (χ3n) is 3.23. The van der Waals surface area contributed by atoms with Crippen molar-refractivity contribution in [3.8, 4) is 11.5 Å². The number of hydrazone groups is 1. The smallest absolute Gasteiger partial charge is 0.277 e. The van der Waals surface area contributed by atoms with E-state index in [1.807, 2.05) is 62.4 Å². The number of nitrogens with one attached hydrogen (secondary N) is 1. The van der Waals surface area contributed by atoms with E-state index in [0.717, 1.165) is 23.3 Å². The number of carbonyl (C=O) groups excluding carboxylic acids is 1. The molecule has 0 bridgehead atoms. The second-order valence-electron chi connectivity index (χ2n) is 5.23. The van der Waals surface area contributed by atoms with Gasteiger partial charge in [-0.05, 0) is 37.1 Å². The number of para-hydroxylation sites is 2. The summed E-state index contributed by atoms with van der Waals surface area (Å²) in [5, 5.41) is 3.96. The van der Waals surface area contributed by atoms with Crippen molar-refractivity contribution in [2.75, 3.05) is 13.2 Å². The van der Waals surface area contributed by atoms with Crippen molar-refractivity contribution in [1.82, 2.24) is 5.43 Å². The number of carbonyl (C=O) groups is 1. The van der Waals surface area contributed by atoms with Gasteiger partial charge in [-0.1, -0.05) is 37.3 Å². The molecule has 0 aliphatic heterocycles. The fourth-order valence-corrected chi connectivity index (χ4v) is 2.00. The molecule has 2 aromatic rings. The van der Waals surface area contributed by atoms with Crippen LogP contribution in [0, 0.1) is 6.92 Å². The summed E-state index contributed by atoms with van der Waals surface area (Å²) in [6.07, 6.45) is 2.50. The van der Waals surface area contributed by atoms with Crippen LogP contribution in [0.3, 0.4) is 0 Å². The van der Waals surface area contributed by atoms with E-state index in [9.17, 15) is 4.79 Å². The van der Waals surface area contributed by atoms with Crippen LogP contribution < -0.4 is 14.9 Å². The Labute approximate surface area is 142 Å². The first kappa shape index (κ1) is 17.5. The lowest BCUT2D eigenvalue weighted by Crippen LogP contribution is -2.24. The summed E-state index contributed by atoms with van der Waals surface area (Å²) in [6, 6.07) is 15.1. The maximum Gasteiger partial charge on any atom is 0.277 e. The zero-order valence-corrected chi connectivity index (χ0v) is 14.0. The second kappa shape index (κ2) is 9.35. The normalized spacial score (nSPS) is 10.6. The molecule has 5 heteroatoms. The Morgan fingerprint density at radius 1 is 1.08 bits per heavy atom. The number of nitrogens with zero attached hydrogens (tertiary/aromatic N) is 1. The van der Waals surface area contributed by atoms with Gasteiger partial charge in [-0.15, -0.1) is 0 Å². The zero-order valence-electron chi connectivity index (χ0n) is 14.0. The van der Waals surface area contributed by atoms with Gasteiger partial charge in [-0.3, -0.25) is 4.79 Å². The number of hydrogen-bond donors (Lipinski definition) is 1. The minimum absolute atomic E-state index is 0.0871. The zero-order chi connectivity index (χ0) is 17.2. The highest BCUT2D eigenvalue weighted by molar-refractivity contribution is 5.85. The number of benzene rings is 2. The molecule has 1 amide bonds. The third-order valence-corrected chi connectivity index (χ3v) is 3.23. The van der Waals surface area contributed by atoms with Gasteiger partial charge in [-0.2, -0.15) is 5.10 Å². The van der Waals surface area contributed by atoms with Gasteiger partial charge in [-0.25, -0.2) is 5.43 Å². The van der Waals surface area contributed by atoms with E-state index in [1.54, 1.807) is 6.21 Å². The van der Waals surface area contributed by atoms with E-state index in [1.165, 1.54) is 0 Å². The molecule has 2 aromatic carbocycles. The molecule has 0 aliphatic carbocycles. The number of ether oxygens (including phenoxy) is 2. The average molecular weight is 326 g/mol. The minimum Gasteiger partial charge on any atom is -0.493 e. The van der Waals surface area contributed by atoms with Crippen LogP contribution in [-0.4, -0.2) is 25.3 Å². The molecule has 5 nitrogen and oxygen atoms in total. The van der Waals surface area contributed by atoms with Crippen LogP contribution in [-0.2, 0) is 4.79 Å². The predicted molar refractivity (Wildman–Crippen MR) is 94.6 cm³/mol. The SMILES string of the molecule is CCCOc1ccccc1/C=N/NC(=O)COc1ccccc1C. The quantitative estimate of drug-likeness (QED) is 0.598. The van der Waals surface area contributed by atoms with E-state index in [-0.39, 0.29) is 12.5 Å². The van der Waals surface area contributed by atoms with Crippen LogP contribution in [0.25, 0.3) is 0 Å². The van der Waals surface area contributed by atoms with E-state index < -0.39 is 0 Å². The van der Waals surface area contributed by atoms with E-state index in [4.69, 9.17) is 9.47 Å². The maximum atomic E-state index is 11.8. The van der Waals surface area contributed by atoms with Crippen molar-refractivity contribution in [3.05, 3.63) is 59.7 Å². The summed E-state index contributed by atoms with van der Waals surface area (Å²) in [4.78, 5) is 11.8. The largest absolute Gasteiger partial charge is 0.493 e. The van der Waals surface area contributed by atoms with Gasteiger partial charge in [0.15, 0.2) is 6.61 Å². The Morgan fingerprint density at radius 3 is 2.54 bits per heavy atom. The van der Waals surface area contributed by atoms with E-state index in [0.29, 0.717) is 12.4 Å². The summed E-state index contributed by atoms with van der Waals surface area (Å²) >= 11 is 0. The highest BCUT2D eigenvalue weighted by atomic mass is 16.5. The lowest BCUT2D eigenvalue weighted by Gasteiger charge is -2.08. The molecule has 126 valence electrons. The molecular weight excluding hydrogens is 304 g/mol. The molecule has 0 radical (unpaired) electrons. The van der Waals surface area contributed by atoms with Crippen LogP contribution in [0.2, 0.25) is 0 Å². The van der Waals surface area contributed by atoms with E-state index in [2.05, 4.69) is 10.5 Å². The summed E-state index contributed by atoms with van der Waals surface area (Å²) in [5.41, 5.74) is 4.25. The first-order valence-electron chi connectivity index (χ1n) is 7.93. The molecule has 0 spiro atoms. The number of amides is 1. The fraction of sp³-hybridized carbons (Fsp3) is 0.263. The molecule has 0 heterocycles. The highest BCUT2D eigenvalue weighted by Gasteiger charge is 2.04. The first-order valence-corrected chi connectivity index (χ1v) is 7.93.